The van der Waals surface area contributed by atoms with Crippen molar-refractivity contribution < 1.29 is 26.3 Å². The van der Waals surface area contributed by atoms with E-state index in [0.717, 1.165) is 36.4 Å². The quantitative estimate of drug-likeness (QED) is 0.407. The van der Waals surface area contributed by atoms with Gasteiger partial charge in [-0.25, -0.2) is 0 Å². The van der Waals surface area contributed by atoms with Crippen LogP contribution in [0.2, 0.25) is 6.32 Å². The lowest BCUT2D eigenvalue weighted by atomic mass is 9.65. The summed E-state index contributed by atoms with van der Waals surface area (Å²) in [5.74, 6) is -0.704. The normalized spacial score (nSPS) is 12.4. The molecule has 0 unspecified atom stereocenters. The summed E-state index contributed by atoms with van der Waals surface area (Å²) in [7, 11) is 1.68. The molecular formula is C21H18BF6N2. The summed E-state index contributed by atoms with van der Waals surface area (Å²) in [5.41, 5.74) is 0.281. The number of imidazole rings is 1. The van der Waals surface area contributed by atoms with Crippen molar-refractivity contribution in [3.63, 3.8) is 0 Å². The molecular weight excluding hydrogens is 405 g/mol. The van der Waals surface area contributed by atoms with Crippen molar-refractivity contribution >= 4 is 13.0 Å². The second kappa shape index (κ2) is 8.57. The van der Waals surface area contributed by atoms with Gasteiger partial charge < -0.3 is 4.98 Å². The average molecular weight is 423 g/mol. The maximum Gasteiger partial charge on any atom is 0.416 e. The number of halogens is 6. The van der Waals surface area contributed by atoms with Gasteiger partial charge in [-0.3, -0.25) is 4.98 Å². The molecule has 2 nitrogen and oxygen atoms in total. The van der Waals surface area contributed by atoms with Crippen molar-refractivity contribution in [3.05, 3.63) is 82.7 Å². The van der Waals surface area contributed by atoms with E-state index in [0.29, 0.717) is 5.72 Å². The Morgan fingerprint density at radius 1 is 0.900 bits per heavy atom. The average Bonchev–Trinajstić information content (AvgIpc) is 3.15. The van der Waals surface area contributed by atoms with Crippen LogP contribution in [-0.2, 0) is 18.8 Å². The summed E-state index contributed by atoms with van der Waals surface area (Å²) in [6.07, 6.45) is -6.54. The Morgan fingerprint density at radius 2 is 1.43 bits per heavy atom. The lowest BCUT2D eigenvalue weighted by Crippen LogP contribution is -2.21. The van der Waals surface area contributed by atoms with E-state index in [9.17, 15) is 26.3 Å². The molecule has 0 bridgehead atoms. The molecule has 1 heterocycles. The van der Waals surface area contributed by atoms with Crippen LogP contribution in [0.4, 0.5) is 26.3 Å². The van der Waals surface area contributed by atoms with Crippen molar-refractivity contribution in [1.82, 2.24) is 9.97 Å². The predicted molar refractivity (Wildman–Crippen MR) is 103 cm³/mol. The number of benzene rings is 2. The Balaban J connectivity index is 1.98. The number of alkyl halides is 6. The van der Waals surface area contributed by atoms with Crippen molar-refractivity contribution in [3.8, 4) is 0 Å². The number of nitrogens with one attached hydrogen (secondary N) is 1. The smallest absolute Gasteiger partial charge is 0.355 e. The van der Waals surface area contributed by atoms with Crippen LogP contribution in [-0.4, -0.2) is 17.2 Å². The van der Waals surface area contributed by atoms with Gasteiger partial charge in [0.05, 0.1) is 16.9 Å². The largest absolute Gasteiger partial charge is 0.416 e. The standard InChI is InChI=1S/C21H18BF6N2/c1-2-17-12-29-19(30-17)22-11-18(13-5-3-7-15(9-13)20(23,24)25)14-6-4-8-16(10-14)21(26,27)28/h3-10,12,18H,2,11H2,1H3,(H,29,30). The molecule has 0 fully saturated rings. The number of aromatic nitrogens is 2. The van der Waals surface area contributed by atoms with Gasteiger partial charge >= 0.3 is 12.4 Å². The van der Waals surface area contributed by atoms with E-state index in [1.54, 1.807) is 13.5 Å². The number of aromatic amines is 1. The number of hydrogen-bond donors (Lipinski definition) is 1. The Bertz CT molecular complexity index is 936. The molecule has 3 aromatic rings. The first-order valence-electron chi connectivity index (χ1n) is 9.29. The minimum atomic E-state index is -4.55. The van der Waals surface area contributed by atoms with E-state index in [1.165, 1.54) is 24.3 Å². The van der Waals surface area contributed by atoms with Gasteiger partial charge in [-0.2, -0.15) is 26.3 Å². The molecule has 0 saturated carbocycles. The molecule has 30 heavy (non-hydrogen) atoms. The first-order chi connectivity index (χ1) is 14.1. The summed E-state index contributed by atoms with van der Waals surface area (Å²) in [6, 6.07) is 9.37. The molecule has 0 aliphatic carbocycles. The van der Waals surface area contributed by atoms with Crippen LogP contribution in [0.1, 0.15) is 40.8 Å². The summed E-state index contributed by atoms with van der Waals surface area (Å²) >= 11 is 0. The molecule has 2 aromatic carbocycles. The Hall–Kier alpha value is -2.71. The minimum absolute atomic E-state index is 0.180. The second-order valence-corrected chi connectivity index (χ2v) is 6.89. The van der Waals surface area contributed by atoms with Gasteiger partial charge in [-0.15, -0.1) is 0 Å². The van der Waals surface area contributed by atoms with E-state index < -0.39 is 29.4 Å². The highest BCUT2D eigenvalue weighted by atomic mass is 19.4. The number of aryl methyl sites for hydroxylation is 1. The van der Waals surface area contributed by atoms with Crippen molar-refractivity contribution in [2.45, 2.75) is 37.9 Å². The lowest BCUT2D eigenvalue weighted by molar-refractivity contribution is -0.138. The Morgan fingerprint density at radius 3 is 1.87 bits per heavy atom. The van der Waals surface area contributed by atoms with Gasteiger partial charge in [0.2, 0.25) is 7.28 Å². The number of nitrogens with zero attached hydrogens (tertiary/aromatic N) is 1. The maximum absolute atomic E-state index is 13.2. The topological polar surface area (TPSA) is 28.7 Å². The number of hydrogen-bond acceptors (Lipinski definition) is 1. The summed E-state index contributed by atoms with van der Waals surface area (Å²) in [5, 5.41) is 0. The molecule has 3 rings (SSSR count). The Labute approximate surface area is 170 Å². The van der Waals surface area contributed by atoms with Crippen LogP contribution < -0.4 is 5.72 Å². The zero-order valence-electron chi connectivity index (χ0n) is 16.0. The zero-order valence-corrected chi connectivity index (χ0v) is 16.0. The highest BCUT2D eigenvalue weighted by molar-refractivity contribution is 6.51. The molecule has 0 saturated heterocycles. The van der Waals surface area contributed by atoms with Crippen LogP contribution in [0.15, 0.2) is 54.7 Å². The summed E-state index contributed by atoms with van der Waals surface area (Å²) in [6.45, 7) is 1.94. The van der Waals surface area contributed by atoms with Crippen LogP contribution in [0.5, 0.6) is 0 Å². The second-order valence-electron chi connectivity index (χ2n) is 6.89. The van der Waals surface area contributed by atoms with Gasteiger partial charge in [0.15, 0.2) is 0 Å². The van der Waals surface area contributed by atoms with E-state index >= 15 is 0 Å². The van der Waals surface area contributed by atoms with E-state index in [4.69, 9.17) is 0 Å². The molecule has 1 N–H and O–H groups in total. The molecule has 1 radical (unpaired) electrons. The predicted octanol–water partition coefficient (Wildman–Crippen LogP) is 5.59. The first-order valence-corrected chi connectivity index (χ1v) is 9.29. The minimum Gasteiger partial charge on any atom is -0.355 e. The van der Waals surface area contributed by atoms with E-state index in [-0.39, 0.29) is 17.4 Å². The third kappa shape index (κ3) is 5.26. The monoisotopic (exact) mass is 423 g/mol. The SMILES string of the molecule is CCc1cnc([B]CC(c2cccc(C(F)(F)F)c2)c2cccc(C(F)(F)F)c2)[nH]1. The molecule has 157 valence electrons. The molecule has 0 aliphatic rings. The van der Waals surface area contributed by atoms with Gasteiger partial charge in [0.25, 0.3) is 0 Å². The highest BCUT2D eigenvalue weighted by Gasteiger charge is 2.33. The highest BCUT2D eigenvalue weighted by Crippen LogP contribution is 2.36. The van der Waals surface area contributed by atoms with Crippen LogP contribution >= 0.6 is 0 Å². The molecule has 0 aliphatic heterocycles. The maximum atomic E-state index is 13.2. The third-order valence-corrected chi connectivity index (χ3v) is 4.81. The number of rotatable bonds is 6. The third-order valence-electron chi connectivity index (χ3n) is 4.81. The van der Waals surface area contributed by atoms with Crippen LogP contribution in [0.3, 0.4) is 0 Å². The summed E-state index contributed by atoms with van der Waals surface area (Å²) < 4.78 is 79.1. The van der Waals surface area contributed by atoms with Gasteiger partial charge in [0, 0.05) is 17.8 Å². The number of H-pyrrole nitrogens is 1. The fourth-order valence-corrected chi connectivity index (χ4v) is 3.22. The fraction of sp³-hybridized carbons (Fsp3) is 0.286. The molecule has 0 amide bonds. The zero-order chi connectivity index (χ0) is 21.9. The van der Waals surface area contributed by atoms with Gasteiger partial charge in [-0.05, 0) is 29.7 Å². The lowest BCUT2D eigenvalue weighted by Gasteiger charge is -2.20. The van der Waals surface area contributed by atoms with Gasteiger partial charge in [-0.1, -0.05) is 49.6 Å². The van der Waals surface area contributed by atoms with Crippen molar-refractivity contribution in [2.75, 3.05) is 0 Å². The van der Waals surface area contributed by atoms with Crippen LogP contribution in [0.25, 0.3) is 0 Å². The Kier molecular flexibility index (Phi) is 6.29. The first kappa shape index (κ1) is 22.0. The van der Waals surface area contributed by atoms with Crippen molar-refractivity contribution in [1.29, 1.82) is 0 Å². The van der Waals surface area contributed by atoms with E-state index in [1.807, 2.05) is 6.92 Å². The molecule has 1 aromatic heterocycles. The van der Waals surface area contributed by atoms with Gasteiger partial charge in [0.1, 0.15) is 0 Å². The summed E-state index contributed by atoms with van der Waals surface area (Å²) in [4.78, 5) is 7.25. The molecule has 0 spiro atoms. The van der Waals surface area contributed by atoms with Crippen molar-refractivity contribution in [2.24, 2.45) is 0 Å². The fourth-order valence-electron chi connectivity index (χ4n) is 3.22. The van der Waals surface area contributed by atoms with E-state index in [2.05, 4.69) is 9.97 Å². The molecule has 9 heteroatoms. The molecule has 0 atom stereocenters. The van der Waals surface area contributed by atoms with Crippen LogP contribution in [0, 0.1) is 0 Å².